The number of hydrogen-bond acceptors (Lipinski definition) is 1. The van der Waals surface area contributed by atoms with Crippen LogP contribution in [0.25, 0.3) is 0 Å². The topological polar surface area (TPSA) is 29.1 Å². The third kappa shape index (κ3) is 3.49. The van der Waals surface area contributed by atoms with E-state index in [4.69, 9.17) is 0 Å². The molecule has 0 radical (unpaired) electrons. The molecule has 0 bridgehead atoms. The molecular formula is C16H31NO. The van der Waals surface area contributed by atoms with Gasteiger partial charge in [0.15, 0.2) is 0 Å². The van der Waals surface area contributed by atoms with Gasteiger partial charge in [-0.25, -0.2) is 0 Å². The second-order valence-corrected chi connectivity index (χ2v) is 6.65. The van der Waals surface area contributed by atoms with Gasteiger partial charge in [-0.2, -0.15) is 0 Å². The third-order valence-electron chi connectivity index (χ3n) is 4.96. The van der Waals surface area contributed by atoms with Crippen molar-refractivity contribution in [3.8, 4) is 0 Å². The fourth-order valence-corrected chi connectivity index (χ4v) is 3.71. The molecule has 0 heterocycles. The molecule has 1 unspecified atom stereocenters. The summed E-state index contributed by atoms with van der Waals surface area (Å²) in [5, 5.41) is 3.25. The summed E-state index contributed by atoms with van der Waals surface area (Å²) < 4.78 is 0. The van der Waals surface area contributed by atoms with Crippen molar-refractivity contribution in [2.45, 2.75) is 79.2 Å². The van der Waals surface area contributed by atoms with Crippen LogP contribution in [0.4, 0.5) is 0 Å². The molecule has 0 saturated heterocycles. The summed E-state index contributed by atoms with van der Waals surface area (Å²) in [5.41, 5.74) is 0.419. The minimum absolute atomic E-state index is 0.241. The van der Waals surface area contributed by atoms with E-state index in [-0.39, 0.29) is 5.91 Å². The third-order valence-corrected chi connectivity index (χ3v) is 4.96. The number of nitrogens with one attached hydrogen (secondary N) is 1. The maximum absolute atomic E-state index is 11.8. The molecule has 1 rings (SSSR count). The van der Waals surface area contributed by atoms with E-state index in [2.05, 4.69) is 39.9 Å². The quantitative estimate of drug-likeness (QED) is 0.783. The maximum atomic E-state index is 11.8. The maximum Gasteiger partial charge on any atom is 0.220 e. The number of carbonyl (C=O) groups is 1. The van der Waals surface area contributed by atoms with Gasteiger partial charge in [0, 0.05) is 12.5 Å². The van der Waals surface area contributed by atoms with Gasteiger partial charge < -0.3 is 5.32 Å². The SMILES string of the molecule is CCCC(=O)NC1CCCC(C(C)C)(C(C)C)C1. The molecule has 1 fully saturated rings. The van der Waals surface area contributed by atoms with Crippen LogP contribution < -0.4 is 5.32 Å². The van der Waals surface area contributed by atoms with Gasteiger partial charge in [-0.3, -0.25) is 4.79 Å². The lowest BCUT2D eigenvalue weighted by atomic mass is 9.60. The van der Waals surface area contributed by atoms with Crippen molar-refractivity contribution in [3.05, 3.63) is 0 Å². The van der Waals surface area contributed by atoms with Crippen molar-refractivity contribution in [3.63, 3.8) is 0 Å². The number of amides is 1. The molecule has 1 aliphatic carbocycles. The molecule has 2 heteroatoms. The van der Waals surface area contributed by atoms with Gasteiger partial charge in [0.1, 0.15) is 0 Å². The first-order valence-electron chi connectivity index (χ1n) is 7.71. The highest BCUT2D eigenvalue weighted by atomic mass is 16.1. The van der Waals surface area contributed by atoms with Crippen LogP contribution in [0, 0.1) is 17.3 Å². The first-order valence-corrected chi connectivity index (χ1v) is 7.71. The predicted octanol–water partition coefficient (Wildman–Crippen LogP) is 4.14. The van der Waals surface area contributed by atoms with Gasteiger partial charge in [-0.1, -0.05) is 41.0 Å². The summed E-state index contributed by atoms with van der Waals surface area (Å²) in [6.45, 7) is 11.4. The van der Waals surface area contributed by atoms with Crippen LogP contribution in [-0.4, -0.2) is 11.9 Å². The summed E-state index contributed by atoms with van der Waals surface area (Å²) in [4.78, 5) is 11.8. The molecule has 0 aromatic carbocycles. The van der Waals surface area contributed by atoms with Gasteiger partial charge in [0.2, 0.25) is 5.91 Å². The summed E-state index contributed by atoms with van der Waals surface area (Å²) in [5.74, 6) is 1.64. The van der Waals surface area contributed by atoms with E-state index in [1.807, 2.05) is 0 Å². The van der Waals surface area contributed by atoms with Crippen LogP contribution in [0.2, 0.25) is 0 Å². The van der Waals surface area contributed by atoms with Gasteiger partial charge in [0.05, 0.1) is 0 Å². The molecule has 1 aliphatic rings. The zero-order valence-electron chi connectivity index (χ0n) is 12.9. The minimum atomic E-state index is 0.241. The Morgan fingerprint density at radius 2 is 1.89 bits per heavy atom. The highest BCUT2D eigenvalue weighted by molar-refractivity contribution is 5.76. The standard InChI is InChI=1S/C16H31NO/c1-6-8-15(18)17-14-9-7-10-16(11-14,12(2)3)13(4)5/h12-14H,6-11H2,1-5H3,(H,17,18). The lowest BCUT2D eigenvalue weighted by molar-refractivity contribution is -0.122. The van der Waals surface area contributed by atoms with Crippen LogP contribution in [0.1, 0.15) is 73.1 Å². The molecule has 106 valence electrons. The zero-order chi connectivity index (χ0) is 13.8. The molecule has 1 saturated carbocycles. The molecule has 18 heavy (non-hydrogen) atoms. The van der Waals surface area contributed by atoms with Gasteiger partial charge in [0.25, 0.3) is 0 Å². The summed E-state index contributed by atoms with van der Waals surface area (Å²) in [6.07, 6.45) is 6.52. The zero-order valence-corrected chi connectivity index (χ0v) is 12.9. The first kappa shape index (κ1) is 15.5. The average molecular weight is 253 g/mol. The van der Waals surface area contributed by atoms with Crippen LogP contribution in [0.5, 0.6) is 0 Å². The number of hydrogen-bond donors (Lipinski definition) is 1. The molecule has 1 amide bonds. The second-order valence-electron chi connectivity index (χ2n) is 6.65. The molecule has 1 atom stereocenters. The van der Waals surface area contributed by atoms with Gasteiger partial charge in [-0.15, -0.1) is 0 Å². The van der Waals surface area contributed by atoms with Crippen molar-refractivity contribution >= 4 is 5.91 Å². The van der Waals surface area contributed by atoms with E-state index in [0.717, 1.165) is 19.3 Å². The Hall–Kier alpha value is -0.530. The Morgan fingerprint density at radius 1 is 1.28 bits per heavy atom. The Kier molecular flexibility index (Phi) is 5.68. The number of carbonyl (C=O) groups excluding carboxylic acids is 1. The van der Waals surface area contributed by atoms with Crippen molar-refractivity contribution in [2.75, 3.05) is 0 Å². The molecule has 0 spiro atoms. The Bertz CT molecular complexity index is 262. The Labute approximate surface area is 113 Å². The lowest BCUT2D eigenvalue weighted by Crippen LogP contribution is -2.46. The molecule has 0 aromatic rings. The molecule has 0 aliphatic heterocycles. The van der Waals surface area contributed by atoms with E-state index in [0.29, 0.717) is 29.7 Å². The minimum Gasteiger partial charge on any atom is -0.353 e. The van der Waals surface area contributed by atoms with Crippen molar-refractivity contribution in [1.82, 2.24) is 5.32 Å². The first-order chi connectivity index (χ1) is 8.42. The molecule has 2 nitrogen and oxygen atoms in total. The van der Waals surface area contributed by atoms with Gasteiger partial charge in [-0.05, 0) is 42.9 Å². The average Bonchev–Trinajstić information content (AvgIpc) is 2.28. The summed E-state index contributed by atoms with van der Waals surface area (Å²) >= 11 is 0. The monoisotopic (exact) mass is 253 g/mol. The van der Waals surface area contributed by atoms with Crippen LogP contribution in [-0.2, 0) is 4.79 Å². The molecule has 0 aromatic heterocycles. The summed E-state index contributed by atoms with van der Waals surface area (Å²) in [6, 6.07) is 0.405. The second kappa shape index (κ2) is 6.58. The van der Waals surface area contributed by atoms with Crippen LogP contribution in [0.3, 0.4) is 0 Å². The fourth-order valence-electron chi connectivity index (χ4n) is 3.71. The van der Waals surface area contributed by atoms with Crippen molar-refractivity contribution in [2.24, 2.45) is 17.3 Å². The van der Waals surface area contributed by atoms with E-state index in [9.17, 15) is 4.79 Å². The van der Waals surface area contributed by atoms with E-state index < -0.39 is 0 Å². The molecular weight excluding hydrogens is 222 g/mol. The highest BCUT2D eigenvalue weighted by Crippen LogP contribution is 2.48. The van der Waals surface area contributed by atoms with Crippen LogP contribution in [0.15, 0.2) is 0 Å². The van der Waals surface area contributed by atoms with Crippen molar-refractivity contribution in [1.29, 1.82) is 0 Å². The predicted molar refractivity (Wildman–Crippen MR) is 77.4 cm³/mol. The smallest absolute Gasteiger partial charge is 0.220 e. The van der Waals surface area contributed by atoms with Crippen LogP contribution >= 0.6 is 0 Å². The van der Waals surface area contributed by atoms with Gasteiger partial charge >= 0.3 is 0 Å². The number of rotatable bonds is 5. The molecule has 1 N–H and O–H groups in total. The van der Waals surface area contributed by atoms with E-state index >= 15 is 0 Å². The van der Waals surface area contributed by atoms with E-state index in [1.54, 1.807) is 0 Å². The Balaban J connectivity index is 2.66. The largest absolute Gasteiger partial charge is 0.353 e. The highest BCUT2D eigenvalue weighted by Gasteiger charge is 2.41. The Morgan fingerprint density at radius 3 is 2.39 bits per heavy atom. The lowest BCUT2D eigenvalue weighted by Gasteiger charge is -2.47. The van der Waals surface area contributed by atoms with Crippen molar-refractivity contribution < 1.29 is 4.79 Å². The fraction of sp³-hybridized carbons (Fsp3) is 0.938. The summed E-state index contributed by atoms with van der Waals surface area (Å²) in [7, 11) is 0. The normalized spacial score (nSPS) is 23.4. The van der Waals surface area contributed by atoms with E-state index in [1.165, 1.54) is 12.8 Å².